The SMILES string of the molecule is COc1ccc(Cn2cnc3c(nnn3-c3ccccc3)c2=O)cc1Cl. The van der Waals surface area contributed by atoms with Crippen LogP contribution < -0.4 is 10.3 Å². The summed E-state index contributed by atoms with van der Waals surface area (Å²) in [4.78, 5) is 17.1. The number of aromatic nitrogens is 5. The second kappa shape index (κ2) is 6.61. The summed E-state index contributed by atoms with van der Waals surface area (Å²) in [6.07, 6.45) is 1.49. The van der Waals surface area contributed by atoms with Gasteiger partial charge in [-0.3, -0.25) is 9.36 Å². The minimum absolute atomic E-state index is 0.218. The van der Waals surface area contributed by atoms with Gasteiger partial charge in [0.2, 0.25) is 0 Å². The van der Waals surface area contributed by atoms with Crippen molar-refractivity contribution in [1.29, 1.82) is 0 Å². The molecule has 0 radical (unpaired) electrons. The molecule has 0 aliphatic carbocycles. The third-order valence-electron chi connectivity index (χ3n) is 4.00. The predicted octanol–water partition coefficient (Wildman–Crippen LogP) is 2.69. The van der Waals surface area contributed by atoms with Gasteiger partial charge < -0.3 is 4.74 Å². The quantitative estimate of drug-likeness (QED) is 0.554. The molecule has 0 bridgehead atoms. The molecule has 7 nitrogen and oxygen atoms in total. The van der Waals surface area contributed by atoms with Crippen molar-refractivity contribution in [3.05, 3.63) is 75.8 Å². The Morgan fingerprint density at radius 1 is 1.15 bits per heavy atom. The smallest absolute Gasteiger partial charge is 0.283 e. The highest BCUT2D eigenvalue weighted by Crippen LogP contribution is 2.25. The maximum absolute atomic E-state index is 12.7. The van der Waals surface area contributed by atoms with Gasteiger partial charge in [0.25, 0.3) is 5.56 Å². The maximum atomic E-state index is 12.7. The van der Waals surface area contributed by atoms with E-state index in [1.807, 2.05) is 36.4 Å². The fourth-order valence-electron chi connectivity index (χ4n) is 2.70. The Bertz CT molecular complexity index is 1140. The van der Waals surface area contributed by atoms with Crippen LogP contribution in [0.25, 0.3) is 16.9 Å². The van der Waals surface area contributed by atoms with E-state index in [0.29, 0.717) is 23.0 Å². The molecule has 0 N–H and O–H groups in total. The summed E-state index contributed by atoms with van der Waals surface area (Å²) in [5, 5.41) is 8.57. The molecule has 2 heterocycles. The van der Waals surface area contributed by atoms with Gasteiger partial charge in [-0.2, -0.15) is 4.68 Å². The molecule has 8 heteroatoms. The number of halogens is 1. The number of benzene rings is 2. The molecule has 2 aromatic carbocycles. The number of ether oxygens (including phenoxy) is 1. The Hall–Kier alpha value is -3.19. The van der Waals surface area contributed by atoms with Gasteiger partial charge in [-0.1, -0.05) is 41.1 Å². The summed E-state index contributed by atoms with van der Waals surface area (Å²) in [5.41, 5.74) is 2.03. The van der Waals surface area contributed by atoms with Gasteiger partial charge in [-0.05, 0) is 29.8 Å². The Morgan fingerprint density at radius 2 is 1.96 bits per heavy atom. The van der Waals surface area contributed by atoms with Crippen LogP contribution in [0.2, 0.25) is 5.02 Å². The number of nitrogens with zero attached hydrogens (tertiary/aromatic N) is 5. The van der Waals surface area contributed by atoms with Crippen LogP contribution >= 0.6 is 11.6 Å². The number of fused-ring (bicyclic) bond motifs is 1. The summed E-state index contributed by atoms with van der Waals surface area (Å²) < 4.78 is 8.17. The van der Waals surface area contributed by atoms with Crippen molar-refractivity contribution in [3.8, 4) is 11.4 Å². The van der Waals surface area contributed by atoms with Crippen LogP contribution in [-0.4, -0.2) is 31.7 Å². The van der Waals surface area contributed by atoms with Gasteiger partial charge in [0.1, 0.15) is 12.1 Å². The lowest BCUT2D eigenvalue weighted by Gasteiger charge is -2.08. The average molecular weight is 368 g/mol. The first-order valence-electron chi connectivity index (χ1n) is 7.86. The van der Waals surface area contributed by atoms with Crippen LogP contribution in [0.15, 0.2) is 59.7 Å². The molecule has 0 fully saturated rings. The minimum Gasteiger partial charge on any atom is -0.495 e. The van der Waals surface area contributed by atoms with E-state index in [1.165, 1.54) is 10.9 Å². The topological polar surface area (TPSA) is 74.8 Å². The Morgan fingerprint density at radius 3 is 2.69 bits per heavy atom. The molecule has 0 atom stereocenters. The third-order valence-corrected chi connectivity index (χ3v) is 4.29. The molecule has 26 heavy (non-hydrogen) atoms. The zero-order valence-corrected chi connectivity index (χ0v) is 14.6. The number of hydrogen-bond acceptors (Lipinski definition) is 5. The molecule has 0 saturated carbocycles. The third kappa shape index (κ3) is 2.82. The lowest BCUT2D eigenvalue weighted by atomic mass is 10.2. The van der Waals surface area contributed by atoms with Crippen molar-refractivity contribution in [2.45, 2.75) is 6.54 Å². The van der Waals surface area contributed by atoms with E-state index < -0.39 is 0 Å². The lowest BCUT2D eigenvalue weighted by molar-refractivity contribution is 0.415. The second-order valence-electron chi connectivity index (χ2n) is 5.66. The molecule has 0 aliphatic rings. The van der Waals surface area contributed by atoms with Crippen molar-refractivity contribution in [2.75, 3.05) is 7.11 Å². The molecule has 0 aliphatic heterocycles. The fourth-order valence-corrected chi connectivity index (χ4v) is 2.98. The molecular formula is C18H14ClN5O2. The van der Waals surface area contributed by atoms with E-state index in [2.05, 4.69) is 15.3 Å². The highest BCUT2D eigenvalue weighted by atomic mass is 35.5. The largest absolute Gasteiger partial charge is 0.495 e. The molecular weight excluding hydrogens is 354 g/mol. The second-order valence-corrected chi connectivity index (χ2v) is 6.06. The van der Waals surface area contributed by atoms with E-state index in [9.17, 15) is 4.79 Å². The molecule has 0 unspecified atom stereocenters. The predicted molar refractivity (Wildman–Crippen MR) is 98.0 cm³/mol. The van der Waals surface area contributed by atoms with E-state index in [-0.39, 0.29) is 11.1 Å². The zero-order chi connectivity index (χ0) is 18.1. The van der Waals surface area contributed by atoms with Gasteiger partial charge in [0.05, 0.1) is 24.4 Å². The van der Waals surface area contributed by atoms with Crippen molar-refractivity contribution in [2.24, 2.45) is 0 Å². The number of hydrogen-bond donors (Lipinski definition) is 0. The number of rotatable bonds is 4. The Kier molecular flexibility index (Phi) is 4.14. The van der Waals surface area contributed by atoms with Crippen LogP contribution in [0.5, 0.6) is 5.75 Å². The zero-order valence-electron chi connectivity index (χ0n) is 13.8. The normalized spacial score (nSPS) is 11.0. The van der Waals surface area contributed by atoms with Crippen molar-refractivity contribution in [1.82, 2.24) is 24.5 Å². The first-order chi connectivity index (χ1) is 12.7. The first-order valence-corrected chi connectivity index (χ1v) is 8.24. The summed E-state index contributed by atoms with van der Waals surface area (Å²) in [6.45, 7) is 0.323. The maximum Gasteiger partial charge on any atom is 0.283 e. The van der Waals surface area contributed by atoms with Crippen LogP contribution in [0.1, 0.15) is 5.56 Å². The molecule has 0 saturated heterocycles. The summed E-state index contributed by atoms with van der Waals surface area (Å²) in [7, 11) is 1.55. The fraction of sp³-hybridized carbons (Fsp3) is 0.111. The Balaban J connectivity index is 1.73. The minimum atomic E-state index is -0.260. The monoisotopic (exact) mass is 367 g/mol. The highest BCUT2D eigenvalue weighted by Gasteiger charge is 2.13. The van der Waals surface area contributed by atoms with Crippen LogP contribution in [0.3, 0.4) is 0 Å². The van der Waals surface area contributed by atoms with Gasteiger partial charge in [0, 0.05) is 0 Å². The van der Waals surface area contributed by atoms with Crippen LogP contribution in [0, 0.1) is 0 Å². The molecule has 2 aromatic heterocycles. The lowest BCUT2D eigenvalue weighted by Crippen LogP contribution is -2.21. The number of methoxy groups -OCH3 is 1. The molecule has 4 rings (SSSR count). The van der Waals surface area contributed by atoms with E-state index >= 15 is 0 Å². The molecule has 130 valence electrons. The first kappa shape index (κ1) is 16.3. The standard InChI is InChI=1S/C18H14ClN5O2/c1-26-15-8-7-12(9-14(15)19)10-23-11-20-17-16(18(23)25)21-22-24(17)13-5-3-2-4-6-13/h2-9,11H,10H2,1H3. The van der Waals surface area contributed by atoms with Gasteiger partial charge in [-0.15, -0.1) is 5.10 Å². The summed E-state index contributed by atoms with van der Waals surface area (Å²) in [6, 6.07) is 14.8. The molecule has 4 aromatic rings. The van der Waals surface area contributed by atoms with Gasteiger partial charge in [0.15, 0.2) is 11.2 Å². The molecule has 0 spiro atoms. The van der Waals surface area contributed by atoms with E-state index in [1.54, 1.807) is 23.9 Å². The number of para-hydroxylation sites is 1. The van der Waals surface area contributed by atoms with Crippen molar-refractivity contribution < 1.29 is 4.74 Å². The van der Waals surface area contributed by atoms with Crippen molar-refractivity contribution >= 4 is 22.8 Å². The highest BCUT2D eigenvalue weighted by molar-refractivity contribution is 6.32. The van der Waals surface area contributed by atoms with Gasteiger partial charge >= 0.3 is 0 Å². The van der Waals surface area contributed by atoms with E-state index in [4.69, 9.17) is 16.3 Å². The van der Waals surface area contributed by atoms with Gasteiger partial charge in [-0.25, -0.2) is 4.98 Å². The molecule has 0 amide bonds. The van der Waals surface area contributed by atoms with E-state index in [0.717, 1.165) is 11.3 Å². The summed E-state index contributed by atoms with van der Waals surface area (Å²) in [5.74, 6) is 0.585. The summed E-state index contributed by atoms with van der Waals surface area (Å²) >= 11 is 6.15. The average Bonchev–Trinajstić information content (AvgIpc) is 3.10. The Labute approximate surface area is 153 Å². The van der Waals surface area contributed by atoms with Crippen LogP contribution in [0.4, 0.5) is 0 Å². The van der Waals surface area contributed by atoms with Crippen LogP contribution in [-0.2, 0) is 6.54 Å². The van der Waals surface area contributed by atoms with Crippen molar-refractivity contribution in [3.63, 3.8) is 0 Å².